The van der Waals surface area contributed by atoms with Gasteiger partial charge in [0.25, 0.3) is 0 Å². The predicted octanol–water partition coefficient (Wildman–Crippen LogP) is 3.46. The summed E-state index contributed by atoms with van der Waals surface area (Å²) in [6.07, 6.45) is -4.40. The zero-order valence-electron chi connectivity index (χ0n) is 12.6. The van der Waals surface area contributed by atoms with Gasteiger partial charge in [-0.25, -0.2) is 0 Å². The first-order valence-electron chi connectivity index (χ1n) is 6.71. The lowest BCUT2D eigenvalue weighted by atomic mass is 9.85. The molecule has 0 heterocycles. The molecule has 1 atom stereocenters. The third-order valence-corrected chi connectivity index (χ3v) is 2.96. The number of rotatable bonds is 4. The van der Waals surface area contributed by atoms with Crippen molar-refractivity contribution in [2.24, 2.45) is 0 Å². The van der Waals surface area contributed by atoms with Crippen LogP contribution in [0.1, 0.15) is 33.3 Å². The van der Waals surface area contributed by atoms with Gasteiger partial charge in [-0.05, 0) is 24.0 Å². The average Bonchev–Trinajstić information content (AvgIpc) is 2.34. The molecule has 0 saturated carbocycles. The van der Waals surface area contributed by atoms with E-state index in [0.29, 0.717) is 0 Å². The Morgan fingerprint density at radius 1 is 1.19 bits per heavy atom. The molecule has 1 aromatic carbocycles. The molecule has 6 heteroatoms. The minimum atomic E-state index is -4.40. The van der Waals surface area contributed by atoms with Gasteiger partial charge < -0.3 is 10.6 Å². The van der Waals surface area contributed by atoms with Crippen LogP contribution in [0.15, 0.2) is 24.3 Å². The molecular weight excluding hydrogens is 281 g/mol. The maximum absolute atomic E-state index is 12.1. The molecule has 0 saturated heterocycles. The van der Waals surface area contributed by atoms with Gasteiger partial charge in [0.15, 0.2) is 0 Å². The summed E-state index contributed by atoms with van der Waals surface area (Å²) in [6.45, 7) is 6.30. The number of carbonyl (C=O) groups is 1. The second-order valence-corrected chi connectivity index (χ2v) is 5.99. The summed E-state index contributed by atoms with van der Waals surface area (Å²) in [7, 11) is 0. The van der Waals surface area contributed by atoms with Gasteiger partial charge in [0, 0.05) is 5.69 Å². The second-order valence-electron chi connectivity index (χ2n) is 5.99. The zero-order chi connectivity index (χ0) is 16.3. The maximum Gasteiger partial charge on any atom is 0.405 e. The van der Waals surface area contributed by atoms with Gasteiger partial charge in [-0.2, -0.15) is 13.2 Å². The van der Waals surface area contributed by atoms with E-state index in [0.717, 1.165) is 11.3 Å². The van der Waals surface area contributed by atoms with Crippen LogP contribution in [0.3, 0.4) is 0 Å². The van der Waals surface area contributed by atoms with Gasteiger partial charge in [-0.1, -0.05) is 39.0 Å². The molecule has 0 aliphatic rings. The Morgan fingerprint density at radius 2 is 1.76 bits per heavy atom. The van der Waals surface area contributed by atoms with E-state index in [2.05, 4.69) is 5.32 Å². The highest BCUT2D eigenvalue weighted by atomic mass is 19.4. The summed E-state index contributed by atoms with van der Waals surface area (Å²) < 4.78 is 36.3. The molecule has 3 nitrogen and oxygen atoms in total. The number of halogens is 3. The van der Waals surface area contributed by atoms with Gasteiger partial charge in [-0.3, -0.25) is 4.79 Å². The number of hydrogen-bond donors (Lipinski definition) is 2. The van der Waals surface area contributed by atoms with E-state index in [9.17, 15) is 18.0 Å². The number of amides is 1. The standard InChI is InChI=1S/C15H21F3N2O/c1-10(13(21)19-9-15(16,17)18)20-12-8-6-5-7-11(12)14(2,3)4/h5-8,10,20H,9H2,1-4H3,(H,19,21). The molecule has 21 heavy (non-hydrogen) atoms. The van der Waals surface area contributed by atoms with Crippen molar-refractivity contribution in [3.63, 3.8) is 0 Å². The van der Waals surface area contributed by atoms with Crippen molar-refractivity contribution in [2.75, 3.05) is 11.9 Å². The molecule has 2 N–H and O–H groups in total. The number of benzene rings is 1. The smallest absolute Gasteiger partial charge is 0.374 e. The zero-order valence-corrected chi connectivity index (χ0v) is 12.6. The quantitative estimate of drug-likeness (QED) is 0.894. The summed E-state index contributed by atoms with van der Waals surface area (Å²) in [4.78, 5) is 11.7. The van der Waals surface area contributed by atoms with E-state index in [-0.39, 0.29) is 5.41 Å². The lowest BCUT2D eigenvalue weighted by Crippen LogP contribution is -2.42. The minimum Gasteiger partial charge on any atom is -0.374 e. The molecule has 1 rings (SSSR count). The molecule has 118 valence electrons. The highest BCUT2D eigenvalue weighted by Crippen LogP contribution is 2.29. The first-order chi connectivity index (χ1) is 9.50. The van der Waals surface area contributed by atoms with Gasteiger partial charge in [0.2, 0.25) is 5.91 Å². The minimum absolute atomic E-state index is 0.133. The molecule has 1 unspecified atom stereocenters. The lowest BCUT2D eigenvalue weighted by molar-refractivity contribution is -0.138. The van der Waals surface area contributed by atoms with Crippen molar-refractivity contribution in [2.45, 2.75) is 45.3 Å². The molecule has 0 spiro atoms. The SMILES string of the molecule is CC(Nc1ccccc1C(C)(C)C)C(=O)NCC(F)(F)F. The molecule has 0 aromatic heterocycles. The van der Waals surface area contributed by atoms with Gasteiger partial charge in [0.05, 0.1) is 0 Å². The van der Waals surface area contributed by atoms with Gasteiger partial charge in [-0.15, -0.1) is 0 Å². The molecule has 0 fully saturated rings. The monoisotopic (exact) mass is 302 g/mol. The van der Waals surface area contributed by atoms with E-state index < -0.39 is 24.7 Å². The number of para-hydroxylation sites is 1. The highest BCUT2D eigenvalue weighted by molar-refractivity contribution is 5.84. The number of alkyl halides is 3. The Labute approximate surface area is 122 Å². The van der Waals surface area contributed by atoms with Crippen LogP contribution in [0.5, 0.6) is 0 Å². The Kier molecular flexibility index (Phi) is 5.25. The van der Waals surface area contributed by atoms with E-state index in [1.54, 1.807) is 0 Å². The first-order valence-corrected chi connectivity index (χ1v) is 6.71. The molecule has 1 aromatic rings. The van der Waals surface area contributed by atoms with Crippen LogP contribution in [0.25, 0.3) is 0 Å². The van der Waals surface area contributed by atoms with Crippen LogP contribution in [-0.2, 0) is 10.2 Å². The van der Waals surface area contributed by atoms with Crippen LogP contribution in [-0.4, -0.2) is 24.7 Å². The van der Waals surface area contributed by atoms with Crippen LogP contribution < -0.4 is 10.6 Å². The van der Waals surface area contributed by atoms with Crippen molar-refractivity contribution >= 4 is 11.6 Å². The van der Waals surface area contributed by atoms with Crippen molar-refractivity contribution in [3.8, 4) is 0 Å². The molecule has 0 radical (unpaired) electrons. The number of carbonyl (C=O) groups excluding carboxylic acids is 1. The lowest BCUT2D eigenvalue weighted by Gasteiger charge is -2.25. The fraction of sp³-hybridized carbons (Fsp3) is 0.533. The highest BCUT2D eigenvalue weighted by Gasteiger charge is 2.29. The van der Waals surface area contributed by atoms with Gasteiger partial charge >= 0.3 is 6.18 Å². The maximum atomic E-state index is 12.1. The van der Waals surface area contributed by atoms with Crippen LogP contribution in [0.2, 0.25) is 0 Å². The summed E-state index contributed by atoms with van der Waals surface area (Å²) in [6, 6.07) is 6.70. The molecule has 1 amide bonds. The Bertz CT molecular complexity index is 492. The molecular formula is C15H21F3N2O. The summed E-state index contributed by atoms with van der Waals surface area (Å²) >= 11 is 0. The topological polar surface area (TPSA) is 41.1 Å². The molecule has 0 aliphatic heterocycles. The fourth-order valence-electron chi connectivity index (χ4n) is 1.90. The number of hydrogen-bond acceptors (Lipinski definition) is 2. The van der Waals surface area contributed by atoms with E-state index >= 15 is 0 Å². The Balaban J connectivity index is 2.75. The fourth-order valence-corrected chi connectivity index (χ4v) is 1.90. The normalized spacial score (nSPS) is 13.7. The Morgan fingerprint density at radius 3 is 2.29 bits per heavy atom. The third-order valence-electron chi connectivity index (χ3n) is 2.96. The second kappa shape index (κ2) is 6.37. The predicted molar refractivity (Wildman–Crippen MR) is 77.3 cm³/mol. The van der Waals surface area contributed by atoms with Crippen molar-refractivity contribution < 1.29 is 18.0 Å². The van der Waals surface area contributed by atoms with Crippen molar-refractivity contribution in [1.82, 2.24) is 5.32 Å². The van der Waals surface area contributed by atoms with E-state index in [4.69, 9.17) is 0 Å². The van der Waals surface area contributed by atoms with Crippen LogP contribution in [0.4, 0.5) is 18.9 Å². The largest absolute Gasteiger partial charge is 0.405 e. The first kappa shape index (κ1) is 17.3. The average molecular weight is 302 g/mol. The molecule has 0 bridgehead atoms. The van der Waals surface area contributed by atoms with Gasteiger partial charge in [0.1, 0.15) is 12.6 Å². The number of anilines is 1. The Hall–Kier alpha value is -1.72. The summed E-state index contributed by atoms with van der Waals surface area (Å²) in [5.74, 6) is -0.684. The van der Waals surface area contributed by atoms with Crippen LogP contribution in [0, 0.1) is 0 Å². The number of nitrogens with one attached hydrogen (secondary N) is 2. The van der Waals surface area contributed by atoms with E-state index in [1.165, 1.54) is 6.92 Å². The van der Waals surface area contributed by atoms with Crippen molar-refractivity contribution in [1.29, 1.82) is 0 Å². The van der Waals surface area contributed by atoms with Crippen LogP contribution >= 0.6 is 0 Å². The summed E-state index contributed by atoms with van der Waals surface area (Å²) in [5, 5.41) is 4.85. The van der Waals surface area contributed by atoms with Crippen molar-refractivity contribution in [3.05, 3.63) is 29.8 Å². The molecule has 0 aliphatic carbocycles. The van der Waals surface area contributed by atoms with E-state index in [1.807, 2.05) is 50.4 Å². The third kappa shape index (κ3) is 5.65. The summed E-state index contributed by atoms with van der Waals surface area (Å²) in [5.41, 5.74) is 1.62.